The molecule has 0 saturated heterocycles. The van der Waals surface area contributed by atoms with Crippen molar-refractivity contribution in [2.75, 3.05) is 5.32 Å². The van der Waals surface area contributed by atoms with Crippen LogP contribution in [0.25, 0.3) is 11.0 Å². The van der Waals surface area contributed by atoms with E-state index < -0.39 is 5.97 Å². The van der Waals surface area contributed by atoms with Crippen LogP contribution in [0.5, 0.6) is 5.75 Å². The van der Waals surface area contributed by atoms with Crippen molar-refractivity contribution in [2.45, 2.75) is 0 Å². The molecule has 0 bridgehead atoms. The number of rotatable bonds is 4. The number of hydrogen-bond acceptors (Lipinski definition) is 5. The molecule has 0 radical (unpaired) electrons. The Bertz CT molecular complexity index is 1240. The van der Waals surface area contributed by atoms with Crippen LogP contribution < -0.4 is 15.5 Å². The molecule has 0 fully saturated rings. The molecule has 0 saturated carbocycles. The predicted molar refractivity (Wildman–Crippen MR) is 108 cm³/mol. The van der Waals surface area contributed by atoms with Crippen LogP contribution in [-0.4, -0.2) is 11.9 Å². The summed E-state index contributed by atoms with van der Waals surface area (Å²) in [6, 6.07) is 22.9. The van der Waals surface area contributed by atoms with E-state index in [1.165, 1.54) is 12.1 Å². The highest BCUT2D eigenvalue weighted by molar-refractivity contribution is 6.04. The van der Waals surface area contributed by atoms with E-state index in [2.05, 4.69) is 5.32 Å². The number of carbonyl (C=O) groups excluding carboxylic acids is 2. The molecule has 0 aliphatic carbocycles. The minimum atomic E-state index is -0.783. The SMILES string of the molecule is O=C(Nc1ccc(OC(=O)c2cc(=O)c3ccccc3o2)cc1)c1ccccc1. The van der Waals surface area contributed by atoms with E-state index in [1.807, 2.05) is 6.07 Å². The fourth-order valence-corrected chi connectivity index (χ4v) is 2.76. The van der Waals surface area contributed by atoms with Gasteiger partial charge >= 0.3 is 5.97 Å². The van der Waals surface area contributed by atoms with Crippen LogP contribution in [0.3, 0.4) is 0 Å². The fraction of sp³-hybridized carbons (Fsp3) is 0. The summed E-state index contributed by atoms with van der Waals surface area (Å²) in [6.07, 6.45) is 0. The number of para-hydroxylation sites is 1. The van der Waals surface area contributed by atoms with Gasteiger partial charge in [-0.2, -0.15) is 0 Å². The number of ether oxygens (including phenoxy) is 1. The van der Waals surface area contributed by atoms with E-state index in [4.69, 9.17) is 9.15 Å². The van der Waals surface area contributed by atoms with Gasteiger partial charge in [-0.1, -0.05) is 30.3 Å². The number of amides is 1. The molecule has 1 heterocycles. The maximum atomic E-state index is 12.3. The van der Waals surface area contributed by atoms with Crippen molar-refractivity contribution in [3.63, 3.8) is 0 Å². The van der Waals surface area contributed by atoms with Crippen LogP contribution >= 0.6 is 0 Å². The van der Waals surface area contributed by atoms with Gasteiger partial charge in [-0.15, -0.1) is 0 Å². The first-order valence-electron chi connectivity index (χ1n) is 8.82. The van der Waals surface area contributed by atoms with Crippen molar-refractivity contribution in [2.24, 2.45) is 0 Å². The highest BCUT2D eigenvalue weighted by Gasteiger charge is 2.15. The van der Waals surface area contributed by atoms with E-state index >= 15 is 0 Å². The lowest BCUT2D eigenvalue weighted by molar-refractivity contribution is 0.0701. The largest absolute Gasteiger partial charge is 0.449 e. The average molecular weight is 385 g/mol. The summed E-state index contributed by atoms with van der Waals surface area (Å²) in [5, 5.41) is 3.15. The zero-order valence-electron chi connectivity index (χ0n) is 15.1. The lowest BCUT2D eigenvalue weighted by atomic mass is 10.2. The summed E-state index contributed by atoms with van der Waals surface area (Å²) in [5.74, 6) is -0.958. The van der Waals surface area contributed by atoms with Crippen LogP contribution in [0.15, 0.2) is 94.1 Å². The van der Waals surface area contributed by atoms with E-state index in [0.29, 0.717) is 22.2 Å². The number of carbonyl (C=O) groups is 2. The molecular weight excluding hydrogens is 370 g/mol. The van der Waals surface area contributed by atoms with Crippen LogP contribution in [-0.2, 0) is 0 Å². The van der Waals surface area contributed by atoms with Gasteiger partial charge < -0.3 is 14.5 Å². The van der Waals surface area contributed by atoms with E-state index in [1.54, 1.807) is 60.7 Å². The van der Waals surface area contributed by atoms with Gasteiger partial charge in [-0.25, -0.2) is 4.79 Å². The van der Waals surface area contributed by atoms with Crippen LogP contribution in [0.1, 0.15) is 20.9 Å². The van der Waals surface area contributed by atoms with Gasteiger partial charge in [-0.05, 0) is 48.5 Å². The molecule has 0 spiro atoms. The van der Waals surface area contributed by atoms with Gasteiger partial charge in [-0.3, -0.25) is 9.59 Å². The van der Waals surface area contributed by atoms with Crippen LogP contribution in [0.2, 0.25) is 0 Å². The third-order valence-corrected chi connectivity index (χ3v) is 4.19. The molecule has 4 rings (SSSR count). The predicted octanol–water partition coefficient (Wildman–Crippen LogP) is 4.26. The Hall–Kier alpha value is -4.19. The second-order valence-corrected chi connectivity index (χ2v) is 6.21. The van der Waals surface area contributed by atoms with Gasteiger partial charge in [0, 0.05) is 17.3 Å². The molecule has 0 aliphatic rings. The summed E-state index contributed by atoms with van der Waals surface area (Å²) in [5.41, 5.74) is 1.08. The van der Waals surface area contributed by atoms with Crippen molar-refractivity contribution in [3.05, 3.63) is 106 Å². The van der Waals surface area contributed by atoms with Crippen molar-refractivity contribution >= 4 is 28.5 Å². The molecule has 1 N–H and O–H groups in total. The van der Waals surface area contributed by atoms with Gasteiger partial charge in [0.25, 0.3) is 5.91 Å². The normalized spacial score (nSPS) is 10.5. The Kier molecular flexibility index (Phi) is 4.90. The average Bonchev–Trinajstić information content (AvgIpc) is 2.75. The van der Waals surface area contributed by atoms with E-state index in [-0.39, 0.29) is 22.8 Å². The first-order valence-corrected chi connectivity index (χ1v) is 8.82. The minimum Gasteiger partial charge on any atom is -0.449 e. The molecule has 0 unspecified atom stereocenters. The third kappa shape index (κ3) is 4.06. The van der Waals surface area contributed by atoms with Gasteiger partial charge in [0.1, 0.15) is 11.3 Å². The molecule has 3 aromatic carbocycles. The van der Waals surface area contributed by atoms with Gasteiger partial charge in [0.05, 0.1) is 5.39 Å². The van der Waals surface area contributed by atoms with Crippen molar-refractivity contribution < 1.29 is 18.7 Å². The van der Waals surface area contributed by atoms with Crippen LogP contribution in [0, 0.1) is 0 Å². The summed E-state index contributed by atoms with van der Waals surface area (Å²) in [4.78, 5) is 36.6. The van der Waals surface area contributed by atoms with Crippen LogP contribution in [0.4, 0.5) is 5.69 Å². The van der Waals surface area contributed by atoms with Crippen molar-refractivity contribution in [3.8, 4) is 5.75 Å². The first kappa shape index (κ1) is 18.2. The maximum Gasteiger partial charge on any atom is 0.379 e. The number of esters is 1. The first-order chi connectivity index (χ1) is 14.1. The molecule has 1 aromatic heterocycles. The summed E-state index contributed by atoms with van der Waals surface area (Å²) < 4.78 is 10.7. The Morgan fingerprint density at radius 2 is 1.52 bits per heavy atom. The molecule has 0 aliphatic heterocycles. The second kappa shape index (κ2) is 7.82. The lowest BCUT2D eigenvalue weighted by Gasteiger charge is -2.07. The van der Waals surface area contributed by atoms with Crippen molar-refractivity contribution in [1.82, 2.24) is 0 Å². The molecule has 6 nitrogen and oxygen atoms in total. The maximum absolute atomic E-state index is 12.3. The van der Waals surface area contributed by atoms with E-state index in [0.717, 1.165) is 6.07 Å². The Morgan fingerprint density at radius 3 is 2.28 bits per heavy atom. The Balaban J connectivity index is 1.47. The zero-order chi connectivity index (χ0) is 20.2. The second-order valence-electron chi connectivity index (χ2n) is 6.21. The Morgan fingerprint density at radius 1 is 0.828 bits per heavy atom. The highest BCUT2D eigenvalue weighted by atomic mass is 16.5. The molecule has 142 valence electrons. The monoisotopic (exact) mass is 385 g/mol. The summed E-state index contributed by atoms with van der Waals surface area (Å²) >= 11 is 0. The molecule has 1 amide bonds. The number of nitrogens with one attached hydrogen (secondary N) is 1. The topological polar surface area (TPSA) is 85.6 Å². The molecule has 4 aromatic rings. The zero-order valence-corrected chi connectivity index (χ0v) is 15.1. The number of anilines is 1. The standard InChI is InChI=1S/C23H15NO5/c25-19-14-21(29-20-9-5-4-8-18(19)20)23(27)28-17-12-10-16(11-13-17)24-22(26)15-6-2-1-3-7-15/h1-14H,(H,24,26). The summed E-state index contributed by atoms with van der Waals surface area (Å²) in [7, 11) is 0. The molecule has 0 atom stereocenters. The number of benzene rings is 3. The quantitative estimate of drug-likeness (QED) is 0.419. The van der Waals surface area contributed by atoms with Gasteiger partial charge in [0.2, 0.25) is 5.76 Å². The highest BCUT2D eigenvalue weighted by Crippen LogP contribution is 2.19. The van der Waals surface area contributed by atoms with E-state index in [9.17, 15) is 14.4 Å². The molecule has 29 heavy (non-hydrogen) atoms. The number of fused-ring (bicyclic) bond motifs is 1. The van der Waals surface area contributed by atoms with Crippen molar-refractivity contribution in [1.29, 1.82) is 0 Å². The minimum absolute atomic E-state index is 0.185. The smallest absolute Gasteiger partial charge is 0.379 e. The molecular formula is C23H15NO5. The number of hydrogen-bond donors (Lipinski definition) is 1. The lowest BCUT2D eigenvalue weighted by Crippen LogP contribution is -2.13. The third-order valence-electron chi connectivity index (χ3n) is 4.19. The Labute approximate surface area is 165 Å². The van der Waals surface area contributed by atoms with Gasteiger partial charge in [0.15, 0.2) is 5.43 Å². The molecule has 6 heteroatoms. The summed E-state index contributed by atoms with van der Waals surface area (Å²) in [6.45, 7) is 0. The fourth-order valence-electron chi connectivity index (χ4n) is 2.76.